The number of nitrogens with zero attached hydrogens (tertiary/aromatic N) is 2. The van der Waals surface area contributed by atoms with E-state index in [9.17, 15) is 14.7 Å². The number of ether oxygens (including phenoxy) is 1. The first kappa shape index (κ1) is 34.1. The minimum absolute atomic E-state index is 0.0273. The van der Waals surface area contributed by atoms with E-state index in [4.69, 9.17) is 27.9 Å². The lowest BCUT2D eigenvalue weighted by Gasteiger charge is -2.50. The maximum atomic E-state index is 15.5. The Bertz CT molecular complexity index is 2440. The maximum absolute atomic E-state index is 15.5. The molecule has 9 rings (SSSR count). The Morgan fingerprint density at radius 1 is 0.815 bits per heavy atom. The number of fused-ring (bicyclic) bond motifs is 5. The van der Waals surface area contributed by atoms with Crippen molar-refractivity contribution < 1.29 is 29.0 Å². The number of rotatable bonds is 6. The number of phenolic OH excluding ortho intramolecular Hbond substituents is 1. The molecule has 11 heteroatoms. The number of benzene rings is 5. The molecule has 4 aliphatic rings. The summed E-state index contributed by atoms with van der Waals surface area (Å²) in [6.45, 7) is 0. The lowest BCUT2D eigenvalue weighted by atomic mass is 9.49. The third kappa shape index (κ3) is 4.84. The van der Waals surface area contributed by atoms with Gasteiger partial charge in [-0.25, -0.2) is 0 Å². The molecule has 2 aliphatic carbocycles. The Kier molecular flexibility index (Phi) is 8.06. The average Bonchev–Trinajstić information content (AvgIpc) is 3.57. The molecule has 0 radical (unpaired) electrons. The number of methoxy groups -OCH3 is 1. The Morgan fingerprint density at radius 2 is 1.56 bits per heavy atom. The summed E-state index contributed by atoms with van der Waals surface area (Å²) in [6.07, 6.45) is 2.32. The predicted octanol–water partition coefficient (Wildman–Crippen LogP) is 8.05. The van der Waals surface area contributed by atoms with Gasteiger partial charge >= 0.3 is 0 Å². The highest BCUT2D eigenvalue weighted by atomic mass is 35.5. The number of allylic oxidation sites excluding steroid dienone is 2. The van der Waals surface area contributed by atoms with Crippen molar-refractivity contribution in [3.8, 4) is 11.5 Å². The Balaban J connectivity index is 1.28. The number of hydrogen-bond donors (Lipinski definition) is 2. The van der Waals surface area contributed by atoms with Gasteiger partial charge in [-0.1, -0.05) is 102 Å². The number of carbonyl (C=O) groups excluding carboxylic acids is 4. The Labute approximate surface area is 320 Å². The SMILES string of the molecule is COc1ccc([C@@]23C(=O)N(Nc4ccc(Cl)cc4Cl)C(=O)[C@@H]2C[C@@H]2C(=CC[C@@H]4C(=O)N(c5ccccc5)C(=O)[C@@H]42)[C@@H]3c2ccc3ccccc3c2O)cc1. The van der Waals surface area contributed by atoms with Gasteiger partial charge in [0, 0.05) is 21.9 Å². The molecule has 3 fully saturated rings. The molecule has 54 heavy (non-hydrogen) atoms. The van der Waals surface area contributed by atoms with Crippen LogP contribution in [0.25, 0.3) is 10.8 Å². The van der Waals surface area contributed by atoms with Gasteiger partial charge in [-0.15, -0.1) is 0 Å². The van der Waals surface area contributed by atoms with Gasteiger partial charge in [-0.05, 0) is 72.2 Å². The number of halogens is 2. The summed E-state index contributed by atoms with van der Waals surface area (Å²) in [6, 6.07) is 31.7. The number of carbonyl (C=O) groups is 4. The van der Waals surface area contributed by atoms with Crippen molar-refractivity contribution in [2.75, 3.05) is 17.4 Å². The van der Waals surface area contributed by atoms with Gasteiger partial charge in [0.25, 0.3) is 11.8 Å². The maximum Gasteiger partial charge on any atom is 0.260 e. The minimum atomic E-state index is -1.60. The number of aromatic hydroxyl groups is 1. The summed E-state index contributed by atoms with van der Waals surface area (Å²) < 4.78 is 5.49. The van der Waals surface area contributed by atoms with Crippen LogP contribution in [-0.2, 0) is 24.6 Å². The van der Waals surface area contributed by atoms with E-state index in [0.29, 0.717) is 38.7 Å². The van der Waals surface area contributed by atoms with Crippen LogP contribution in [0, 0.1) is 23.7 Å². The first-order chi connectivity index (χ1) is 26.1. The van der Waals surface area contributed by atoms with Crippen LogP contribution >= 0.6 is 23.2 Å². The smallest absolute Gasteiger partial charge is 0.260 e. The van der Waals surface area contributed by atoms with E-state index in [2.05, 4.69) is 5.43 Å². The van der Waals surface area contributed by atoms with Gasteiger partial charge in [0.2, 0.25) is 11.8 Å². The molecule has 2 aliphatic heterocycles. The van der Waals surface area contributed by atoms with Crippen molar-refractivity contribution in [2.45, 2.75) is 24.2 Å². The number of amides is 4. The van der Waals surface area contributed by atoms with Crippen molar-refractivity contribution in [2.24, 2.45) is 23.7 Å². The minimum Gasteiger partial charge on any atom is -0.507 e. The molecule has 2 saturated heterocycles. The summed E-state index contributed by atoms with van der Waals surface area (Å²) in [5.74, 6) is -5.16. The van der Waals surface area contributed by atoms with Crippen LogP contribution in [0.5, 0.6) is 11.5 Å². The molecule has 5 aromatic carbocycles. The summed E-state index contributed by atoms with van der Waals surface area (Å²) in [5, 5.41) is 15.2. The molecule has 0 unspecified atom stereocenters. The lowest BCUT2D eigenvalue weighted by Crippen LogP contribution is -2.53. The third-order valence-corrected chi connectivity index (χ3v) is 12.4. The monoisotopic (exact) mass is 757 g/mol. The molecule has 0 aromatic heterocycles. The lowest BCUT2D eigenvalue weighted by molar-refractivity contribution is -0.138. The largest absolute Gasteiger partial charge is 0.507 e. The highest BCUT2D eigenvalue weighted by molar-refractivity contribution is 6.36. The zero-order valence-electron chi connectivity index (χ0n) is 28.9. The molecule has 0 spiro atoms. The van der Waals surface area contributed by atoms with E-state index in [1.807, 2.05) is 48.5 Å². The van der Waals surface area contributed by atoms with E-state index in [-0.39, 0.29) is 35.4 Å². The molecular formula is C43H33Cl2N3O6. The van der Waals surface area contributed by atoms with Gasteiger partial charge in [0.1, 0.15) is 11.5 Å². The van der Waals surface area contributed by atoms with Crippen LogP contribution in [0.1, 0.15) is 29.9 Å². The number of hydrazine groups is 1. The Hall–Kier alpha value is -5.64. The third-order valence-electron chi connectivity index (χ3n) is 11.8. The van der Waals surface area contributed by atoms with Crippen molar-refractivity contribution in [3.63, 3.8) is 0 Å². The van der Waals surface area contributed by atoms with Crippen molar-refractivity contribution >= 4 is 69.0 Å². The zero-order valence-corrected chi connectivity index (χ0v) is 30.4. The molecule has 9 nitrogen and oxygen atoms in total. The summed E-state index contributed by atoms with van der Waals surface area (Å²) in [7, 11) is 1.55. The summed E-state index contributed by atoms with van der Waals surface area (Å²) in [4.78, 5) is 60.4. The second-order valence-electron chi connectivity index (χ2n) is 14.3. The molecule has 0 bridgehead atoms. The van der Waals surface area contributed by atoms with Crippen molar-refractivity contribution in [1.82, 2.24) is 5.01 Å². The number of hydrogen-bond acceptors (Lipinski definition) is 7. The van der Waals surface area contributed by atoms with Crippen molar-refractivity contribution in [3.05, 3.63) is 142 Å². The van der Waals surface area contributed by atoms with Crippen molar-refractivity contribution in [1.29, 1.82) is 0 Å². The number of anilines is 2. The first-order valence-corrected chi connectivity index (χ1v) is 18.5. The first-order valence-electron chi connectivity index (χ1n) is 17.7. The van der Waals surface area contributed by atoms with E-state index in [1.165, 1.54) is 11.0 Å². The van der Waals surface area contributed by atoms with Crippen LogP contribution in [0.15, 0.2) is 121 Å². The average molecular weight is 759 g/mol. The molecule has 2 N–H and O–H groups in total. The van der Waals surface area contributed by atoms with Gasteiger partial charge in [0.05, 0.1) is 46.7 Å². The molecule has 2 heterocycles. The number of nitrogens with one attached hydrogen (secondary N) is 1. The van der Waals surface area contributed by atoms with Crippen LogP contribution in [0.2, 0.25) is 10.0 Å². The standard InChI is InChI=1S/C43H33Cl2N3O6/c1-54-27-15-12-24(13-16-27)43-33(40(51)48(42(43)53)46-35-20-14-25(44)21-34(35)45)22-32-29(37(43)31-17-11-23-7-5-6-10-28(23)38(31)49)18-19-30-36(32)41(52)47(39(30)50)26-8-3-2-4-9-26/h2-18,20-21,30,32-33,36-37,46,49H,19,22H2,1H3/t30-,32+,33-,36-,37+,43+/m0/s1. The summed E-state index contributed by atoms with van der Waals surface area (Å²) >= 11 is 12.8. The van der Waals surface area contributed by atoms with Crippen LogP contribution in [0.3, 0.4) is 0 Å². The van der Waals surface area contributed by atoms with E-state index in [1.54, 1.807) is 67.8 Å². The molecular weight excluding hydrogens is 725 g/mol. The second kappa shape index (κ2) is 12.7. The quantitative estimate of drug-likeness (QED) is 0.133. The van der Waals surface area contributed by atoms with Crippen LogP contribution < -0.4 is 15.1 Å². The summed E-state index contributed by atoms with van der Waals surface area (Å²) in [5.41, 5.74) is 3.89. The number of para-hydroxylation sites is 1. The van der Waals surface area contributed by atoms with Gasteiger partial charge in [-0.3, -0.25) is 29.5 Å². The predicted molar refractivity (Wildman–Crippen MR) is 205 cm³/mol. The zero-order chi connectivity index (χ0) is 37.5. The second-order valence-corrected chi connectivity index (χ2v) is 15.1. The normalized spacial score (nSPS) is 26.1. The van der Waals surface area contributed by atoms with Crippen LogP contribution in [-0.4, -0.2) is 40.9 Å². The fourth-order valence-electron chi connectivity index (χ4n) is 9.52. The van der Waals surface area contributed by atoms with Gasteiger partial charge in [-0.2, -0.15) is 5.01 Å². The van der Waals surface area contributed by atoms with Crippen LogP contribution in [0.4, 0.5) is 11.4 Å². The highest BCUT2D eigenvalue weighted by Gasteiger charge is 2.70. The topological polar surface area (TPSA) is 116 Å². The number of imide groups is 2. The molecule has 4 amide bonds. The fourth-order valence-corrected chi connectivity index (χ4v) is 9.98. The van der Waals surface area contributed by atoms with E-state index in [0.717, 1.165) is 16.0 Å². The number of phenols is 1. The molecule has 270 valence electrons. The van der Waals surface area contributed by atoms with Gasteiger partial charge in [0.15, 0.2) is 0 Å². The molecule has 6 atom stereocenters. The van der Waals surface area contributed by atoms with E-state index >= 15 is 9.59 Å². The van der Waals surface area contributed by atoms with Gasteiger partial charge < -0.3 is 9.84 Å². The fraction of sp³-hybridized carbons (Fsp3) is 0.209. The Morgan fingerprint density at radius 3 is 2.30 bits per heavy atom. The molecule has 5 aromatic rings. The highest BCUT2D eigenvalue weighted by Crippen LogP contribution is 2.65. The van der Waals surface area contributed by atoms with E-state index < -0.39 is 46.8 Å². The molecule has 1 saturated carbocycles.